The highest BCUT2D eigenvalue weighted by Gasteiger charge is 2.56. The largest absolute Gasteiger partial charge is 0.330 e. The Hall–Kier alpha value is -3.98. The van der Waals surface area contributed by atoms with Crippen molar-refractivity contribution in [2.24, 2.45) is 21.8 Å². The lowest BCUT2D eigenvalue weighted by Crippen LogP contribution is -2.61. The number of amides is 2. The predicted molar refractivity (Wildman–Crippen MR) is 305 cm³/mol. The number of nitrogens with one attached hydrogen (secondary N) is 1. The summed E-state index contributed by atoms with van der Waals surface area (Å²) in [5.41, 5.74) is 5.33. The summed E-state index contributed by atoms with van der Waals surface area (Å²) in [7, 11) is 2.10. The zero-order valence-electron chi connectivity index (χ0n) is 43.5. The number of fused-ring (bicyclic) bond motifs is 2. The van der Waals surface area contributed by atoms with Crippen LogP contribution in [0.2, 0.25) is 20.1 Å². The number of benzene rings is 4. The van der Waals surface area contributed by atoms with Gasteiger partial charge < -0.3 is 29.8 Å². The molecule has 4 aromatic carbocycles. The molecule has 6 aliphatic rings. The number of amidine groups is 2. The smallest absolute Gasteiger partial charge is 0.263 e. The molecule has 2 saturated heterocycles. The lowest BCUT2D eigenvalue weighted by atomic mass is 9.81. The number of hydrogen-bond donors (Lipinski definition) is 1. The Morgan fingerprint density at radius 1 is 0.562 bits per heavy atom. The fourth-order valence-electron chi connectivity index (χ4n) is 11.3. The van der Waals surface area contributed by atoms with E-state index in [1.807, 2.05) is 53.4 Å². The van der Waals surface area contributed by atoms with E-state index in [1.165, 1.54) is 23.5 Å². The van der Waals surface area contributed by atoms with E-state index >= 15 is 0 Å². The average Bonchev–Trinajstić information content (AvgIpc) is 4.03. The molecule has 1 N–H and O–H groups in total. The van der Waals surface area contributed by atoms with Crippen LogP contribution in [-0.2, 0) is 20.7 Å². The quantitative estimate of drug-likeness (QED) is 0.150. The molecule has 0 unspecified atom stereocenters. The molecule has 4 aromatic rings. The van der Waals surface area contributed by atoms with Crippen LogP contribution in [-0.4, -0.2) is 104 Å². The standard InChI is InChI=1S/C29H34Cl2N4OS.C28H32Cl2N4OS/c1-17(2)24-25(27(36)34(18(3)4)23-15-33(6)16-23)37-28-32-29(5,20-9-13-22(31)14-10-20)26(35(24)28)19-7-11-21(30)12-8-19;1-16(2)23-24(26(35)33(17(3)4)22-14-31-15-22)36-27-32-28(5,19-8-12-21(30)13-9-19)25(34(23)27)18-6-10-20(29)11-7-18/h7-14,17-18,23,26H,15-16H2,1-6H3;6-13,16-17,22,25,31H,14-15H2,1-5H3/t26-,29+;25-,28+/m11/s1. The minimum atomic E-state index is -0.566. The first-order valence-electron chi connectivity index (χ1n) is 25.3. The third kappa shape index (κ3) is 10.0. The predicted octanol–water partition coefficient (Wildman–Crippen LogP) is 13.2. The van der Waals surface area contributed by atoms with E-state index in [-0.39, 0.29) is 59.9 Å². The zero-order chi connectivity index (χ0) is 52.4. The summed E-state index contributed by atoms with van der Waals surface area (Å²) >= 11 is 28.1. The number of thioether (sulfide) groups is 2. The van der Waals surface area contributed by atoms with Gasteiger partial charge in [0.2, 0.25) is 0 Å². The van der Waals surface area contributed by atoms with Gasteiger partial charge in [-0.1, -0.05) is 123 Å². The lowest BCUT2D eigenvalue weighted by molar-refractivity contribution is -0.134. The minimum absolute atomic E-state index is 0.102. The molecule has 10 nitrogen and oxygen atoms in total. The fourth-order valence-corrected chi connectivity index (χ4v) is 14.5. The van der Waals surface area contributed by atoms with Gasteiger partial charge in [0.05, 0.1) is 24.2 Å². The highest BCUT2D eigenvalue weighted by molar-refractivity contribution is 8.18. The molecule has 2 fully saturated rings. The maximum absolute atomic E-state index is 14.1. The molecule has 0 radical (unpaired) electrons. The van der Waals surface area contributed by atoms with Gasteiger partial charge in [-0.15, -0.1) is 0 Å². The number of rotatable bonds is 12. The van der Waals surface area contributed by atoms with Crippen LogP contribution >= 0.6 is 69.9 Å². The number of hydrogen-bond acceptors (Lipinski definition) is 10. The van der Waals surface area contributed by atoms with Crippen molar-refractivity contribution in [1.29, 1.82) is 0 Å². The van der Waals surface area contributed by atoms with Crippen LogP contribution in [0.5, 0.6) is 0 Å². The van der Waals surface area contributed by atoms with E-state index in [2.05, 4.69) is 150 Å². The van der Waals surface area contributed by atoms with Crippen LogP contribution in [0.1, 0.15) is 104 Å². The van der Waals surface area contributed by atoms with E-state index in [0.29, 0.717) is 20.1 Å². The third-order valence-corrected chi connectivity index (χ3v) is 18.0. The first kappa shape index (κ1) is 53.8. The van der Waals surface area contributed by atoms with E-state index in [0.717, 1.165) is 80.0 Å². The molecular formula is C57H66Cl4N8O2S2. The Labute approximate surface area is 460 Å². The normalized spacial score (nSPS) is 24.0. The number of aliphatic imine (C=N–C) groups is 2. The molecule has 6 aliphatic heterocycles. The zero-order valence-corrected chi connectivity index (χ0v) is 48.1. The SMILES string of the molecule is CC(C)C1=C(C(=O)N(C(C)C)C2CN(C)C2)SC2=N[C@@](C)(c3ccc(Cl)cc3)[C@@H](c3ccc(Cl)cc3)N21.CC(C)C1=C(C(=O)N(C(C)C)C2CNC2)SC2=N[C@@](C)(c3ccc(Cl)cc3)[C@@H](c3ccc(Cl)cc3)N21. The molecular weight excluding hydrogens is 1030 g/mol. The van der Waals surface area contributed by atoms with E-state index < -0.39 is 11.1 Å². The van der Waals surface area contributed by atoms with Crippen LogP contribution in [0.3, 0.4) is 0 Å². The molecule has 0 spiro atoms. The molecule has 6 heterocycles. The molecule has 386 valence electrons. The van der Waals surface area contributed by atoms with Crippen LogP contribution < -0.4 is 5.32 Å². The second-order valence-corrected chi connectivity index (χ2v) is 25.2. The van der Waals surface area contributed by atoms with Crippen LogP contribution in [0.25, 0.3) is 0 Å². The van der Waals surface area contributed by atoms with Gasteiger partial charge in [-0.2, -0.15) is 0 Å². The van der Waals surface area contributed by atoms with Gasteiger partial charge in [0, 0.05) is 69.7 Å². The summed E-state index contributed by atoms with van der Waals surface area (Å²) in [6, 6.07) is 32.3. The van der Waals surface area contributed by atoms with Crippen molar-refractivity contribution in [3.63, 3.8) is 0 Å². The maximum atomic E-state index is 14.1. The Bertz CT molecular complexity index is 2860. The molecule has 2 amide bonds. The molecule has 73 heavy (non-hydrogen) atoms. The van der Waals surface area contributed by atoms with Crippen molar-refractivity contribution in [2.45, 2.75) is 117 Å². The van der Waals surface area contributed by atoms with E-state index in [4.69, 9.17) is 56.4 Å². The molecule has 0 saturated carbocycles. The summed E-state index contributed by atoms with van der Waals surface area (Å²) < 4.78 is 0. The fraction of sp³-hybridized carbons (Fsp3) is 0.439. The molecule has 10 rings (SSSR count). The van der Waals surface area contributed by atoms with Crippen molar-refractivity contribution < 1.29 is 9.59 Å². The Morgan fingerprint density at radius 3 is 1.18 bits per heavy atom. The topological polar surface area (TPSA) is 87.1 Å². The number of carbonyl (C=O) groups excluding carboxylic acids is 2. The van der Waals surface area contributed by atoms with Crippen LogP contribution in [0.15, 0.2) is 128 Å². The van der Waals surface area contributed by atoms with Gasteiger partial charge >= 0.3 is 0 Å². The van der Waals surface area contributed by atoms with E-state index in [9.17, 15) is 9.59 Å². The summed E-state index contributed by atoms with van der Waals surface area (Å²) in [5.74, 6) is 0.493. The van der Waals surface area contributed by atoms with Gasteiger partial charge in [0.25, 0.3) is 11.8 Å². The van der Waals surface area contributed by atoms with Crippen molar-refractivity contribution in [2.75, 3.05) is 33.2 Å². The molecule has 4 atom stereocenters. The molecule has 16 heteroatoms. The van der Waals surface area contributed by atoms with Gasteiger partial charge in [-0.05, 0) is 155 Å². The average molecular weight is 1100 g/mol. The van der Waals surface area contributed by atoms with Crippen molar-refractivity contribution in [3.8, 4) is 0 Å². The number of likely N-dealkylation sites (tertiary alicyclic amines) is 1. The highest BCUT2D eigenvalue weighted by Crippen LogP contribution is 2.58. The van der Waals surface area contributed by atoms with Gasteiger partial charge in [0.1, 0.15) is 20.9 Å². The summed E-state index contributed by atoms with van der Waals surface area (Å²) in [4.78, 5) is 51.4. The Balaban J connectivity index is 0.000000180. The molecule has 0 aliphatic carbocycles. The second kappa shape index (κ2) is 21.2. The Kier molecular flexibility index (Phi) is 15.6. The number of likely N-dealkylation sites (N-methyl/N-ethyl adjacent to an activating group) is 1. The van der Waals surface area contributed by atoms with Crippen LogP contribution in [0.4, 0.5) is 0 Å². The van der Waals surface area contributed by atoms with Crippen molar-refractivity contribution in [3.05, 3.63) is 161 Å². The van der Waals surface area contributed by atoms with Gasteiger partial charge in [-0.25, -0.2) is 9.98 Å². The highest BCUT2D eigenvalue weighted by atomic mass is 35.5. The van der Waals surface area contributed by atoms with Crippen molar-refractivity contribution >= 4 is 92.1 Å². The molecule has 0 aromatic heterocycles. The first-order valence-corrected chi connectivity index (χ1v) is 28.5. The van der Waals surface area contributed by atoms with Crippen molar-refractivity contribution in [1.82, 2.24) is 29.8 Å². The third-order valence-electron chi connectivity index (χ3n) is 14.9. The monoisotopic (exact) mass is 1100 g/mol. The lowest BCUT2D eigenvalue weighted by Gasteiger charge is -2.45. The number of nitrogens with zero attached hydrogens (tertiary/aromatic N) is 7. The van der Waals surface area contributed by atoms with E-state index in [1.54, 1.807) is 0 Å². The maximum Gasteiger partial charge on any atom is 0.263 e. The summed E-state index contributed by atoms with van der Waals surface area (Å²) in [5, 5.41) is 7.83. The van der Waals surface area contributed by atoms with Gasteiger partial charge in [0.15, 0.2) is 10.3 Å². The number of carbonyl (C=O) groups is 2. The number of allylic oxidation sites excluding steroid dienone is 2. The number of halogens is 4. The Morgan fingerprint density at radius 2 is 0.890 bits per heavy atom. The summed E-state index contributed by atoms with van der Waals surface area (Å²) in [6.45, 7) is 24.9. The van der Waals surface area contributed by atoms with Gasteiger partial charge in [-0.3, -0.25) is 9.59 Å². The molecule has 0 bridgehead atoms. The minimum Gasteiger partial charge on any atom is -0.330 e. The second-order valence-electron chi connectivity index (χ2n) is 21.5. The van der Waals surface area contributed by atoms with Crippen LogP contribution in [0, 0.1) is 11.8 Å². The first-order chi connectivity index (χ1) is 34.6. The summed E-state index contributed by atoms with van der Waals surface area (Å²) in [6.07, 6.45) is 0.